The van der Waals surface area contributed by atoms with E-state index in [1.807, 2.05) is 0 Å². The highest BCUT2D eigenvalue weighted by Gasteiger charge is 2.36. The minimum atomic E-state index is -1.04. The fraction of sp³-hybridized carbons (Fsp3) is 1.00. The molecule has 3 N–H and O–H groups in total. The normalized spacial score (nSPS) is 16.1. The van der Waals surface area contributed by atoms with E-state index in [1.54, 1.807) is 20.8 Å². The molecule has 0 aliphatic rings. The first kappa shape index (κ1) is 15.9. The largest absolute Gasteiger partial charge is 0.396 e. The van der Waals surface area contributed by atoms with E-state index in [-0.39, 0.29) is 6.61 Å². The van der Waals surface area contributed by atoms with Crippen LogP contribution in [0.2, 0.25) is 0 Å². The Balaban J connectivity index is 3.51. The molecule has 0 bridgehead atoms. The summed E-state index contributed by atoms with van der Waals surface area (Å²) in [4.78, 5) is 0. The Bertz CT molecular complexity index is 171. The second kappa shape index (κ2) is 7.25. The van der Waals surface area contributed by atoms with Crippen molar-refractivity contribution in [3.8, 4) is 0 Å². The van der Waals surface area contributed by atoms with Crippen molar-refractivity contribution in [2.24, 2.45) is 0 Å². The number of unbranched alkanes of at least 4 members (excludes halogenated alkanes) is 5. The lowest BCUT2D eigenvalue weighted by molar-refractivity contribution is -0.124. The lowest BCUT2D eigenvalue weighted by Crippen LogP contribution is -2.47. The molecule has 0 rings (SSSR count). The molecule has 0 heterocycles. The topological polar surface area (TPSA) is 60.7 Å². The minimum absolute atomic E-state index is 0.285. The highest BCUT2D eigenvalue weighted by atomic mass is 16.3. The summed E-state index contributed by atoms with van der Waals surface area (Å²) in [6.45, 7) is 5.27. The zero-order valence-corrected chi connectivity index (χ0v) is 11.0. The Labute approximate surface area is 99.5 Å². The second-order valence-corrected chi connectivity index (χ2v) is 5.43. The molecule has 98 valence electrons. The smallest absolute Gasteiger partial charge is 0.0900 e. The summed E-state index contributed by atoms with van der Waals surface area (Å²) in [6, 6.07) is 0. The predicted octanol–water partition coefficient (Wildman–Crippen LogP) is 2.23. The summed E-state index contributed by atoms with van der Waals surface area (Å²) in [5.74, 6) is 0. The van der Waals surface area contributed by atoms with Gasteiger partial charge in [-0.3, -0.25) is 0 Å². The maximum absolute atomic E-state index is 10.0. The first-order valence-electron chi connectivity index (χ1n) is 6.37. The Hall–Kier alpha value is -0.120. The van der Waals surface area contributed by atoms with Crippen LogP contribution in [-0.4, -0.2) is 33.1 Å². The molecule has 3 heteroatoms. The zero-order chi connectivity index (χ0) is 12.7. The summed E-state index contributed by atoms with van der Waals surface area (Å²) in [6.07, 6.45) is 6.91. The standard InChI is InChI=1S/C13H28O3/c1-12(2,15)13(3,16)10-8-6-4-5-7-9-11-14/h14-16H,4-11H2,1-3H3. The van der Waals surface area contributed by atoms with Gasteiger partial charge in [-0.15, -0.1) is 0 Å². The minimum Gasteiger partial charge on any atom is -0.396 e. The first-order valence-corrected chi connectivity index (χ1v) is 6.37. The number of hydrogen-bond acceptors (Lipinski definition) is 3. The third kappa shape index (κ3) is 6.46. The summed E-state index contributed by atoms with van der Waals surface area (Å²) < 4.78 is 0. The first-order chi connectivity index (χ1) is 7.31. The molecule has 0 aliphatic carbocycles. The van der Waals surface area contributed by atoms with Crippen LogP contribution >= 0.6 is 0 Å². The van der Waals surface area contributed by atoms with Gasteiger partial charge in [0.2, 0.25) is 0 Å². The maximum atomic E-state index is 10.0. The van der Waals surface area contributed by atoms with E-state index in [4.69, 9.17) is 5.11 Å². The summed E-state index contributed by atoms with van der Waals surface area (Å²) in [5.41, 5.74) is -2.04. The number of hydrogen-bond donors (Lipinski definition) is 3. The third-order valence-electron chi connectivity index (χ3n) is 3.39. The third-order valence-corrected chi connectivity index (χ3v) is 3.39. The zero-order valence-electron chi connectivity index (χ0n) is 11.0. The molecule has 0 saturated carbocycles. The average molecular weight is 232 g/mol. The molecule has 0 aliphatic heterocycles. The van der Waals surface area contributed by atoms with Gasteiger partial charge in [-0.2, -0.15) is 0 Å². The maximum Gasteiger partial charge on any atom is 0.0900 e. The van der Waals surface area contributed by atoms with Gasteiger partial charge in [0.15, 0.2) is 0 Å². The Morgan fingerprint density at radius 3 is 1.62 bits per heavy atom. The van der Waals surface area contributed by atoms with Gasteiger partial charge in [0.1, 0.15) is 0 Å². The molecule has 0 spiro atoms. The molecule has 1 unspecified atom stereocenters. The van der Waals surface area contributed by atoms with Gasteiger partial charge >= 0.3 is 0 Å². The van der Waals surface area contributed by atoms with Crippen LogP contribution in [0.1, 0.15) is 65.7 Å². The molecule has 3 nitrogen and oxygen atoms in total. The van der Waals surface area contributed by atoms with E-state index in [2.05, 4.69) is 0 Å². The molecule has 0 radical (unpaired) electrons. The van der Waals surface area contributed by atoms with Gasteiger partial charge in [0, 0.05) is 6.61 Å². The van der Waals surface area contributed by atoms with Gasteiger partial charge in [0.05, 0.1) is 11.2 Å². The van der Waals surface area contributed by atoms with Gasteiger partial charge in [-0.25, -0.2) is 0 Å². The molecule has 0 fully saturated rings. The molecular weight excluding hydrogens is 204 g/mol. The SMILES string of the molecule is CC(C)(O)C(C)(O)CCCCCCCCO. The Morgan fingerprint density at radius 1 is 0.750 bits per heavy atom. The molecule has 0 amide bonds. The molecule has 1 atom stereocenters. The fourth-order valence-corrected chi connectivity index (χ4v) is 1.59. The van der Waals surface area contributed by atoms with Crippen molar-refractivity contribution in [1.82, 2.24) is 0 Å². The van der Waals surface area contributed by atoms with Crippen molar-refractivity contribution in [3.05, 3.63) is 0 Å². The summed E-state index contributed by atoms with van der Waals surface area (Å²) >= 11 is 0. The quantitative estimate of drug-likeness (QED) is 0.534. The fourth-order valence-electron chi connectivity index (χ4n) is 1.59. The molecular formula is C13H28O3. The van der Waals surface area contributed by atoms with Crippen LogP contribution in [0.5, 0.6) is 0 Å². The van der Waals surface area contributed by atoms with Gasteiger partial charge in [0.25, 0.3) is 0 Å². The summed E-state index contributed by atoms with van der Waals surface area (Å²) in [7, 11) is 0. The van der Waals surface area contributed by atoms with Crippen LogP contribution in [0, 0.1) is 0 Å². The van der Waals surface area contributed by atoms with E-state index in [0.29, 0.717) is 6.42 Å². The van der Waals surface area contributed by atoms with Crippen LogP contribution in [0.4, 0.5) is 0 Å². The molecule has 0 saturated heterocycles. The van der Waals surface area contributed by atoms with Crippen molar-refractivity contribution in [2.45, 2.75) is 76.9 Å². The van der Waals surface area contributed by atoms with Crippen molar-refractivity contribution in [3.63, 3.8) is 0 Å². The van der Waals surface area contributed by atoms with Crippen LogP contribution < -0.4 is 0 Å². The van der Waals surface area contributed by atoms with Gasteiger partial charge < -0.3 is 15.3 Å². The molecule has 0 aromatic carbocycles. The van der Waals surface area contributed by atoms with Crippen LogP contribution in [-0.2, 0) is 0 Å². The van der Waals surface area contributed by atoms with E-state index in [0.717, 1.165) is 38.5 Å². The Morgan fingerprint density at radius 2 is 1.19 bits per heavy atom. The highest BCUT2D eigenvalue weighted by molar-refractivity contribution is 4.89. The molecule has 0 aromatic heterocycles. The predicted molar refractivity (Wildman–Crippen MR) is 66.3 cm³/mol. The van der Waals surface area contributed by atoms with E-state index in [1.165, 1.54) is 0 Å². The lowest BCUT2D eigenvalue weighted by Gasteiger charge is -2.35. The average Bonchev–Trinajstić information content (AvgIpc) is 2.14. The van der Waals surface area contributed by atoms with Crippen LogP contribution in [0.25, 0.3) is 0 Å². The monoisotopic (exact) mass is 232 g/mol. The van der Waals surface area contributed by atoms with Crippen molar-refractivity contribution in [1.29, 1.82) is 0 Å². The van der Waals surface area contributed by atoms with E-state index in [9.17, 15) is 10.2 Å². The molecule has 16 heavy (non-hydrogen) atoms. The van der Waals surface area contributed by atoms with E-state index < -0.39 is 11.2 Å². The lowest BCUT2D eigenvalue weighted by atomic mass is 9.83. The highest BCUT2D eigenvalue weighted by Crippen LogP contribution is 2.27. The van der Waals surface area contributed by atoms with Crippen LogP contribution in [0.15, 0.2) is 0 Å². The second-order valence-electron chi connectivity index (χ2n) is 5.43. The van der Waals surface area contributed by atoms with E-state index >= 15 is 0 Å². The summed E-state index contributed by atoms with van der Waals surface area (Å²) in [5, 5.41) is 28.4. The van der Waals surface area contributed by atoms with Gasteiger partial charge in [-0.05, 0) is 33.6 Å². The molecule has 0 aromatic rings. The van der Waals surface area contributed by atoms with Crippen molar-refractivity contribution >= 4 is 0 Å². The number of aliphatic hydroxyl groups excluding tert-OH is 1. The number of rotatable bonds is 9. The van der Waals surface area contributed by atoms with Crippen molar-refractivity contribution < 1.29 is 15.3 Å². The van der Waals surface area contributed by atoms with Crippen molar-refractivity contribution in [2.75, 3.05) is 6.61 Å². The Kier molecular flexibility index (Phi) is 7.20. The van der Waals surface area contributed by atoms with Gasteiger partial charge in [-0.1, -0.05) is 32.1 Å². The number of aliphatic hydroxyl groups is 3. The van der Waals surface area contributed by atoms with Crippen LogP contribution in [0.3, 0.4) is 0 Å².